The number of nitrogens with zero attached hydrogens (tertiary/aromatic N) is 1. The molecule has 0 spiro atoms. The summed E-state index contributed by atoms with van der Waals surface area (Å²) < 4.78 is 24.6. The number of amides is 1. The van der Waals surface area contributed by atoms with Gasteiger partial charge in [-0.1, -0.05) is 29.8 Å². The molecule has 0 heterocycles. The third kappa shape index (κ3) is 7.18. The summed E-state index contributed by atoms with van der Waals surface area (Å²) in [7, 11) is 2.61. The molecule has 1 N–H and O–H groups in total. The van der Waals surface area contributed by atoms with Crippen LogP contribution in [-0.2, 0) is 21.2 Å². The van der Waals surface area contributed by atoms with Crippen molar-refractivity contribution in [1.29, 1.82) is 0 Å². The molecule has 0 fully saturated rings. The van der Waals surface area contributed by atoms with Gasteiger partial charge in [-0.15, -0.1) is 0 Å². The highest BCUT2D eigenvalue weighted by Gasteiger charge is 2.21. The summed E-state index contributed by atoms with van der Waals surface area (Å²) >= 11 is 0. The average molecular weight is 336 g/mol. The van der Waals surface area contributed by atoms with Crippen molar-refractivity contribution in [3.05, 3.63) is 35.4 Å². The molecule has 0 aliphatic heterocycles. The minimum absolute atomic E-state index is 0.0901. The molecule has 1 rings (SSSR count). The van der Waals surface area contributed by atoms with Crippen molar-refractivity contribution in [3.8, 4) is 0 Å². The molecule has 0 saturated heterocycles. The van der Waals surface area contributed by atoms with Gasteiger partial charge in [0, 0.05) is 19.0 Å². The van der Waals surface area contributed by atoms with Crippen molar-refractivity contribution in [3.63, 3.8) is 0 Å². The van der Waals surface area contributed by atoms with Gasteiger partial charge in [-0.2, -0.15) is 4.31 Å². The van der Waals surface area contributed by atoms with E-state index in [1.807, 2.05) is 31.2 Å². The van der Waals surface area contributed by atoms with Gasteiger partial charge in [0.1, 0.15) is 0 Å². The Balaban J connectivity index is 2.48. The first-order valence-corrected chi connectivity index (χ1v) is 9.51. The number of hydrogen-bond acceptors (Lipinski definition) is 3. The molecule has 0 aliphatic rings. The fourth-order valence-electron chi connectivity index (χ4n) is 2.33. The summed E-state index contributed by atoms with van der Waals surface area (Å²) in [6, 6.07) is 7.77. The normalized spacial score (nSPS) is 13.3. The predicted octanol–water partition coefficient (Wildman–Crippen LogP) is 1.21. The summed E-state index contributed by atoms with van der Waals surface area (Å²) in [6.07, 6.45) is 1.77. The number of aryl methyl sites for hydroxylation is 1. The van der Waals surface area contributed by atoms with Crippen LogP contribution in [-0.4, -0.2) is 51.3 Å². The number of sulfonamides is 1. The first-order valence-electron chi connectivity index (χ1n) is 7.67. The van der Waals surface area contributed by atoms with Gasteiger partial charge in [0.25, 0.3) is 0 Å². The number of nitrogens with one attached hydrogen (secondary N) is 1. The second kappa shape index (κ2) is 8.50. The Labute approximate surface area is 140 Å². The van der Waals surface area contributed by atoms with E-state index in [2.05, 4.69) is 5.32 Å². The standard InChI is InChI=1S/C16H25BN2O3S/c1-12(2)19(23(4,21)22)10-9-16(20)18-15(17)11-14-7-5-13(3)6-8-14/h5-8,12,15H,9-11H2,1-4H3,(H,18,20)/t15-/m0/s1. The van der Waals surface area contributed by atoms with Gasteiger partial charge in [0.05, 0.1) is 14.1 Å². The molecule has 0 aromatic heterocycles. The Kier molecular flexibility index (Phi) is 7.28. The first kappa shape index (κ1) is 19.7. The van der Waals surface area contributed by atoms with E-state index in [9.17, 15) is 13.2 Å². The highest BCUT2D eigenvalue weighted by molar-refractivity contribution is 7.88. The minimum Gasteiger partial charge on any atom is -0.362 e. The molecule has 2 radical (unpaired) electrons. The molecular formula is C16H25BN2O3S. The van der Waals surface area contributed by atoms with Crippen molar-refractivity contribution < 1.29 is 13.2 Å². The number of carbonyl (C=O) groups excluding carboxylic acids is 1. The molecule has 7 heteroatoms. The number of carbonyl (C=O) groups is 1. The van der Waals surface area contributed by atoms with Crippen molar-refractivity contribution in [2.45, 2.75) is 45.6 Å². The first-order chi connectivity index (χ1) is 10.6. The highest BCUT2D eigenvalue weighted by atomic mass is 32.2. The smallest absolute Gasteiger partial charge is 0.220 e. The SMILES string of the molecule is [B][C@H](Cc1ccc(C)cc1)NC(=O)CCN(C(C)C)S(C)(=O)=O. The van der Waals surface area contributed by atoms with Crippen molar-refractivity contribution in [1.82, 2.24) is 9.62 Å². The lowest BCUT2D eigenvalue weighted by Crippen LogP contribution is -2.41. The van der Waals surface area contributed by atoms with Crippen LogP contribution in [0.5, 0.6) is 0 Å². The molecule has 126 valence electrons. The fraction of sp³-hybridized carbons (Fsp3) is 0.562. The van der Waals surface area contributed by atoms with Crippen LogP contribution in [0.2, 0.25) is 0 Å². The van der Waals surface area contributed by atoms with E-state index in [1.54, 1.807) is 13.8 Å². The predicted molar refractivity (Wildman–Crippen MR) is 93.9 cm³/mol. The zero-order valence-electron chi connectivity index (χ0n) is 14.2. The summed E-state index contributed by atoms with van der Waals surface area (Å²) in [4.78, 5) is 11.9. The highest BCUT2D eigenvalue weighted by Crippen LogP contribution is 2.07. The number of benzene rings is 1. The van der Waals surface area contributed by atoms with E-state index >= 15 is 0 Å². The Bertz CT molecular complexity index is 615. The lowest BCUT2D eigenvalue weighted by atomic mass is 9.89. The summed E-state index contributed by atoms with van der Waals surface area (Å²) in [5, 5.41) is 2.71. The van der Waals surface area contributed by atoms with E-state index in [4.69, 9.17) is 7.85 Å². The van der Waals surface area contributed by atoms with Gasteiger partial charge in [0.15, 0.2) is 0 Å². The van der Waals surface area contributed by atoms with Gasteiger partial charge in [-0.3, -0.25) is 4.79 Å². The molecule has 0 saturated carbocycles. The van der Waals surface area contributed by atoms with Gasteiger partial charge in [-0.05, 0) is 38.7 Å². The van der Waals surface area contributed by atoms with Crippen molar-refractivity contribution >= 4 is 23.8 Å². The zero-order chi connectivity index (χ0) is 17.6. The molecule has 0 unspecified atom stereocenters. The Morgan fingerprint density at radius 1 is 1.26 bits per heavy atom. The van der Waals surface area contributed by atoms with Crippen LogP contribution < -0.4 is 5.32 Å². The molecule has 1 atom stereocenters. The van der Waals surface area contributed by atoms with Crippen molar-refractivity contribution in [2.24, 2.45) is 0 Å². The molecule has 1 aromatic carbocycles. The van der Waals surface area contributed by atoms with Gasteiger partial charge in [0.2, 0.25) is 15.9 Å². The van der Waals surface area contributed by atoms with Crippen LogP contribution in [0.1, 0.15) is 31.4 Å². The summed E-state index contributed by atoms with van der Waals surface area (Å²) in [5.74, 6) is -0.741. The Morgan fingerprint density at radius 3 is 2.30 bits per heavy atom. The molecular weight excluding hydrogens is 311 g/mol. The molecule has 5 nitrogen and oxygen atoms in total. The molecule has 1 amide bonds. The second-order valence-electron chi connectivity index (χ2n) is 6.08. The Morgan fingerprint density at radius 2 is 1.83 bits per heavy atom. The van der Waals surface area contributed by atoms with Crippen LogP contribution in [0, 0.1) is 6.92 Å². The molecule has 0 bridgehead atoms. The second-order valence-corrected chi connectivity index (χ2v) is 8.02. The van der Waals surface area contributed by atoms with E-state index in [-0.39, 0.29) is 24.9 Å². The largest absolute Gasteiger partial charge is 0.362 e. The molecule has 23 heavy (non-hydrogen) atoms. The minimum atomic E-state index is -3.32. The third-order valence-corrected chi connectivity index (χ3v) is 4.94. The maximum absolute atomic E-state index is 11.9. The topological polar surface area (TPSA) is 66.5 Å². The van der Waals surface area contributed by atoms with Crippen LogP contribution in [0.3, 0.4) is 0 Å². The van der Waals surface area contributed by atoms with Gasteiger partial charge in [-0.25, -0.2) is 8.42 Å². The number of rotatable bonds is 8. The summed E-state index contributed by atoms with van der Waals surface area (Å²) in [5.41, 5.74) is 2.21. The van der Waals surface area contributed by atoms with E-state index in [1.165, 1.54) is 9.87 Å². The zero-order valence-corrected chi connectivity index (χ0v) is 15.1. The summed E-state index contributed by atoms with van der Waals surface area (Å²) in [6.45, 7) is 5.72. The third-order valence-electron chi connectivity index (χ3n) is 3.48. The van der Waals surface area contributed by atoms with Crippen LogP contribution >= 0.6 is 0 Å². The van der Waals surface area contributed by atoms with Gasteiger partial charge >= 0.3 is 0 Å². The van der Waals surface area contributed by atoms with E-state index in [0.717, 1.165) is 11.8 Å². The van der Waals surface area contributed by atoms with Crippen LogP contribution in [0.25, 0.3) is 0 Å². The lowest BCUT2D eigenvalue weighted by molar-refractivity contribution is -0.121. The van der Waals surface area contributed by atoms with E-state index < -0.39 is 16.0 Å². The average Bonchev–Trinajstić information content (AvgIpc) is 2.39. The fourth-order valence-corrected chi connectivity index (χ4v) is 3.52. The molecule has 1 aromatic rings. The quantitative estimate of drug-likeness (QED) is 0.726. The van der Waals surface area contributed by atoms with Crippen LogP contribution in [0.15, 0.2) is 24.3 Å². The lowest BCUT2D eigenvalue weighted by Gasteiger charge is -2.24. The number of hydrogen-bond donors (Lipinski definition) is 1. The monoisotopic (exact) mass is 336 g/mol. The molecule has 0 aliphatic carbocycles. The maximum atomic E-state index is 11.9. The maximum Gasteiger partial charge on any atom is 0.220 e. The van der Waals surface area contributed by atoms with Crippen LogP contribution in [0.4, 0.5) is 0 Å². The Hall–Kier alpha value is -1.34. The van der Waals surface area contributed by atoms with Crippen molar-refractivity contribution in [2.75, 3.05) is 12.8 Å². The van der Waals surface area contributed by atoms with E-state index in [0.29, 0.717) is 6.42 Å². The van der Waals surface area contributed by atoms with Gasteiger partial charge < -0.3 is 5.32 Å².